The molecule has 2 amide bonds. The molecule has 231 valence electrons. The second-order valence-electron chi connectivity index (χ2n) is 9.67. The Bertz CT molecular complexity index is 991. The first-order valence-corrected chi connectivity index (χ1v) is 12.6. The van der Waals surface area contributed by atoms with Crippen molar-refractivity contribution in [2.24, 2.45) is 5.73 Å². The Morgan fingerprint density at radius 2 is 1.80 bits per heavy atom. The van der Waals surface area contributed by atoms with Gasteiger partial charge >= 0.3 is 0 Å². The minimum atomic E-state index is -1.98. The summed E-state index contributed by atoms with van der Waals surface area (Å²) < 4.78 is 5.52. The molecule has 41 heavy (non-hydrogen) atoms. The molecule has 15 N–H and O–H groups in total. The number of hydrogen-bond acceptors (Lipinski definition) is 14. The summed E-state index contributed by atoms with van der Waals surface area (Å²) in [6.45, 7) is -2.93. The Hall–Kier alpha value is -3.21. The van der Waals surface area contributed by atoms with Crippen LogP contribution in [0.2, 0.25) is 0 Å². The van der Waals surface area contributed by atoms with Gasteiger partial charge in [-0.15, -0.1) is 0 Å². The molecule has 0 aromatic rings. The van der Waals surface area contributed by atoms with E-state index in [1.54, 1.807) is 0 Å². The molecule has 20 heteroatoms. The molecular weight excluding hydrogens is 554 g/mol. The Morgan fingerprint density at radius 3 is 2.34 bits per heavy atom. The molecule has 1 radical (unpaired) electrons. The van der Waals surface area contributed by atoms with Crippen molar-refractivity contribution in [1.29, 1.82) is 10.8 Å². The minimum absolute atomic E-state index is 0.109. The van der Waals surface area contributed by atoms with E-state index in [1.165, 1.54) is 6.29 Å². The van der Waals surface area contributed by atoms with Crippen LogP contribution in [0.15, 0.2) is 0 Å². The summed E-state index contributed by atoms with van der Waals surface area (Å²) >= 11 is 0. The number of aliphatic hydroxyl groups is 7. The standard InChI is InChI=1S/C21H36N9O11/c22-8(5-33)17(39)28-12(18(40)29(7(3-31)4-32)11-2-25-20(23)27-11)13(35)9-1-26-21(24)30(9)19-16(38)15(37)14(36)10(6-34)41-19/h7-16,19,31,33-38H,1-3,5-6,22H2,(H2,24,26)(H,28,39)(H3,23,25,27)/t7-,8-,9?,10?,11?,12-,13?,14?,15?,16?,19?/m0/s1. The lowest BCUT2D eigenvalue weighted by Crippen LogP contribution is -2.69. The van der Waals surface area contributed by atoms with Gasteiger partial charge in [0.1, 0.15) is 54.8 Å². The van der Waals surface area contributed by atoms with Crippen molar-refractivity contribution in [3.8, 4) is 0 Å². The molecule has 0 spiro atoms. The van der Waals surface area contributed by atoms with Gasteiger partial charge in [0.15, 0.2) is 18.1 Å². The average Bonchev–Trinajstić information content (AvgIpc) is 3.57. The van der Waals surface area contributed by atoms with Gasteiger partial charge in [-0.2, -0.15) is 0 Å². The molecule has 11 atom stereocenters. The number of carbonyl (C=O) groups is 2. The second kappa shape index (κ2) is 13.6. The highest BCUT2D eigenvalue weighted by Crippen LogP contribution is 2.28. The van der Waals surface area contributed by atoms with E-state index < -0.39 is 105 Å². The summed E-state index contributed by atoms with van der Waals surface area (Å²) in [5, 5.41) is 97.2. The topological polar surface area (TPSA) is 330 Å². The molecular formula is C21H36N9O11. The number of nitrogens with zero attached hydrogens (tertiary/aromatic N) is 2. The lowest BCUT2D eigenvalue weighted by Gasteiger charge is -2.46. The Kier molecular flexibility index (Phi) is 10.7. The van der Waals surface area contributed by atoms with Crippen LogP contribution in [-0.4, -0.2) is 176 Å². The molecule has 8 unspecified atom stereocenters. The fourth-order valence-electron chi connectivity index (χ4n) is 4.83. The van der Waals surface area contributed by atoms with Gasteiger partial charge in [0.2, 0.25) is 18.1 Å². The molecule has 3 heterocycles. The van der Waals surface area contributed by atoms with E-state index in [2.05, 4.69) is 21.3 Å². The number of hydrogen-bond donors (Lipinski definition) is 14. The van der Waals surface area contributed by atoms with Crippen LogP contribution in [0.1, 0.15) is 0 Å². The molecule has 0 saturated carbocycles. The number of carbonyl (C=O) groups excluding carboxylic acids is 3. The lowest BCUT2D eigenvalue weighted by molar-refractivity contribution is -0.260. The van der Waals surface area contributed by atoms with Crippen LogP contribution in [0.5, 0.6) is 0 Å². The van der Waals surface area contributed by atoms with E-state index in [0.29, 0.717) is 0 Å². The molecule has 0 aliphatic carbocycles. The maximum atomic E-state index is 13.9. The summed E-state index contributed by atoms with van der Waals surface area (Å²) in [5.41, 5.74) is 5.58. The van der Waals surface area contributed by atoms with Gasteiger partial charge in [-0.05, 0) is 0 Å². The van der Waals surface area contributed by atoms with E-state index in [0.717, 1.165) is 9.80 Å². The highest BCUT2D eigenvalue weighted by Gasteiger charge is 2.53. The molecule has 0 aromatic carbocycles. The first kappa shape index (κ1) is 32.3. The zero-order chi connectivity index (χ0) is 30.6. The largest absolute Gasteiger partial charge is 0.394 e. The molecule has 3 rings (SSSR count). The van der Waals surface area contributed by atoms with Gasteiger partial charge in [0, 0.05) is 6.54 Å². The van der Waals surface area contributed by atoms with E-state index in [-0.39, 0.29) is 19.0 Å². The number of guanidine groups is 2. The fraction of sp³-hybridized carbons (Fsp3) is 0.762. The third kappa shape index (κ3) is 6.50. The quantitative estimate of drug-likeness (QED) is 0.100. The van der Waals surface area contributed by atoms with E-state index in [1.807, 2.05) is 0 Å². The second-order valence-corrected chi connectivity index (χ2v) is 9.67. The molecule has 3 aliphatic rings. The first-order chi connectivity index (χ1) is 19.4. The van der Waals surface area contributed by atoms with Crippen molar-refractivity contribution >= 4 is 30.0 Å². The average molecular weight is 591 g/mol. The lowest BCUT2D eigenvalue weighted by atomic mass is 9.95. The summed E-state index contributed by atoms with van der Waals surface area (Å²) in [7, 11) is 0. The van der Waals surface area contributed by atoms with Gasteiger partial charge in [-0.25, -0.2) is 0 Å². The van der Waals surface area contributed by atoms with Gasteiger partial charge in [-0.3, -0.25) is 25.2 Å². The molecule has 20 nitrogen and oxygen atoms in total. The van der Waals surface area contributed by atoms with Crippen molar-refractivity contribution in [2.75, 3.05) is 32.9 Å². The number of rotatable bonds is 12. The van der Waals surface area contributed by atoms with Crippen LogP contribution < -0.4 is 27.0 Å². The predicted molar refractivity (Wildman–Crippen MR) is 134 cm³/mol. The van der Waals surface area contributed by atoms with Gasteiger partial charge in [0.05, 0.1) is 32.4 Å². The zero-order valence-corrected chi connectivity index (χ0v) is 21.6. The molecule has 3 saturated heterocycles. The number of ether oxygens (including phenoxy) is 1. The number of aliphatic hydroxyl groups excluding tert-OH is 7. The number of amides is 2. The highest BCUT2D eigenvalue weighted by molar-refractivity contribution is 5.92. The van der Waals surface area contributed by atoms with Crippen LogP contribution in [-0.2, 0) is 19.1 Å². The number of nitrogens with two attached hydrogens (primary N) is 1. The summed E-state index contributed by atoms with van der Waals surface area (Å²) in [5.74, 6) is -2.92. The third-order valence-electron chi connectivity index (χ3n) is 7.09. The fourth-order valence-corrected chi connectivity index (χ4v) is 4.83. The van der Waals surface area contributed by atoms with Crippen molar-refractivity contribution in [3.63, 3.8) is 0 Å². The van der Waals surface area contributed by atoms with Gasteiger partial charge < -0.3 is 77.3 Å². The first-order valence-electron chi connectivity index (χ1n) is 12.6. The Labute approximate surface area is 233 Å². The maximum Gasteiger partial charge on any atom is 0.250 e. The van der Waals surface area contributed by atoms with Gasteiger partial charge in [-0.1, -0.05) is 0 Å². The van der Waals surface area contributed by atoms with Crippen LogP contribution in [0.3, 0.4) is 0 Å². The van der Waals surface area contributed by atoms with Crippen molar-refractivity contribution in [1.82, 2.24) is 31.1 Å². The normalized spacial score (nSPS) is 32.7. The van der Waals surface area contributed by atoms with E-state index in [9.17, 15) is 50.1 Å². The monoisotopic (exact) mass is 590 g/mol. The maximum absolute atomic E-state index is 13.9. The summed E-state index contributed by atoms with van der Waals surface area (Å²) in [6.07, 6.45) is -10.0. The zero-order valence-electron chi connectivity index (χ0n) is 21.6. The molecule has 3 aliphatic heterocycles. The van der Waals surface area contributed by atoms with Crippen LogP contribution in [0.25, 0.3) is 0 Å². The SMILES string of the molecule is N=C1NCC(N(C(=O)[C@@H](NC(=O)[C@@H](N)CO)C(O)C2CNC(=N)N2C2OC(CO)C(O)C(O)C2O)[C@H]([C]=O)CO)N1. The Balaban J connectivity index is 2.00. The Morgan fingerprint density at radius 1 is 1.12 bits per heavy atom. The molecule has 0 bridgehead atoms. The van der Waals surface area contributed by atoms with E-state index >= 15 is 0 Å². The smallest absolute Gasteiger partial charge is 0.250 e. The highest BCUT2D eigenvalue weighted by atomic mass is 16.6. The van der Waals surface area contributed by atoms with E-state index in [4.69, 9.17) is 21.3 Å². The third-order valence-corrected chi connectivity index (χ3v) is 7.09. The molecule has 0 aromatic heterocycles. The van der Waals surface area contributed by atoms with Crippen LogP contribution in [0, 0.1) is 10.8 Å². The molecule has 3 fully saturated rings. The number of nitrogens with one attached hydrogen (secondary N) is 6. The van der Waals surface area contributed by atoms with Crippen molar-refractivity contribution in [3.05, 3.63) is 0 Å². The van der Waals surface area contributed by atoms with Crippen LogP contribution in [0.4, 0.5) is 0 Å². The van der Waals surface area contributed by atoms with Crippen molar-refractivity contribution in [2.45, 2.75) is 67.1 Å². The van der Waals surface area contributed by atoms with Crippen molar-refractivity contribution < 1.29 is 54.9 Å². The van der Waals surface area contributed by atoms with Crippen LogP contribution >= 0.6 is 0 Å². The minimum Gasteiger partial charge on any atom is -0.394 e. The predicted octanol–water partition coefficient (Wildman–Crippen LogP) is -9.09. The van der Waals surface area contributed by atoms with Gasteiger partial charge in [0.25, 0.3) is 0 Å². The summed E-state index contributed by atoms with van der Waals surface area (Å²) in [6, 6.07) is -6.50. The summed E-state index contributed by atoms with van der Waals surface area (Å²) in [4.78, 5) is 39.9.